The molecule has 0 aromatic heterocycles. The molecule has 7 heteroatoms. The van der Waals surface area contributed by atoms with Gasteiger partial charge in [0.2, 0.25) is 0 Å². The lowest BCUT2D eigenvalue weighted by Crippen LogP contribution is -2.43. The molecule has 0 unspecified atom stereocenters. The summed E-state index contributed by atoms with van der Waals surface area (Å²) in [5.74, 6) is 0.694. The predicted molar refractivity (Wildman–Crippen MR) is 82.3 cm³/mol. The van der Waals surface area contributed by atoms with E-state index in [9.17, 15) is 8.42 Å². The summed E-state index contributed by atoms with van der Waals surface area (Å²) in [6, 6.07) is 7.30. The molecular weight excluding hydrogens is 292 g/mol. The zero-order chi connectivity index (χ0) is 15.9. The maximum Gasteiger partial charge on any atom is 0.282 e. The fourth-order valence-corrected chi connectivity index (χ4v) is 3.44. The zero-order valence-corrected chi connectivity index (χ0v) is 13.6. The van der Waals surface area contributed by atoms with E-state index in [0.717, 1.165) is 5.56 Å². The number of rotatable bonds is 9. The zero-order valence-electron chi connectivity index (χ0n) is 12.8. The van der Waals surface area contributed by atoms with Crippen LogP contribution in [-0.4, -0.2) is 56.0 Å². The molecule has 1 N–H and O–H groups in total. The number of benzene rings is 1. The summed E-state index contributed by atoms with van der Waals surface area (Å²) >= 11 is 0. The molecule has 0 spiro atoms. The van der Waals surface area contributed by atoms with Crippen molar-refractivity contribution in [2.75, 3.05) is 33.9 Å². The van der Waals surface area contributed by atoms with Gasteiger partial charge >= 0.3 is 0 Å². The van der Waals surface area contributed by atoms with Gasteiger partial charge in [-0.25, -0.2) is 0 Å². The maximum atomic E-state index is 12.5. The Hall–Kier alpha value is -1.15. The van der Waals surface area contributed by atoms with E-state index in [4.69, 9.17) is 9.84 Å². The summed E-state index contributed by atoms with van der Waals surface area (Å²) in [7, 11) is -0.468. The molecule has 0 radical (unpaired) electrons. The first-order chi connectivity index (χ1) is 9.95. The van der Waals surface area contributed by atoms with Crippen LogP contribution in [0.4, 0.5) is 0 Å². The minimum atomic E-state index is -3.58. The molecule has 0 saturated heterocycles. The van der Waals surface area contributed by atoms with E-state index in [2.05, 4.69) is 0 Å². The third-order valence-corrected chi connectivity index (χ3v) is 5.02. The summed E-state index contributed by atoms with van der Waals surface area (Å²) in [6.45, 7) is 2.48. The van der Waals surface area contributed by atoms with Crippen LogP contribution in [0.15, 0.2) is 24.3 Å². The Morgan fingerprint density at radius 3 is 2.57 bits per heavy atom. The van der Waals surface area contributed by atoms with Crippen molar-refractivity contribution in [3.05, 3.63) is 29.8 Å². The van der Waals surface area contributed by atoms with Crippen LogP contribution in [0, 0.1) is 0 Å². The largest absolute Gasteiger partial charge is 0.497 e. The molecule has 0 bridgehead atoms. The molecular formula is C14H24N2O4S. The number of hydrogen-bond donors (Lipinski definition) is 1. The topological polar surface area (TPSA) is 70.1 Å². The fourth-order valence-electron chi connectivity index (χ4n) is 2.01. The van der Waals surface area contributed by atoms with Gasteiger partial charge in [0.1, 0.15) is 5.75 Å². The third-order valence-electron chi connectivity index (χ3n) is 3.08. The molecule has 0 heterocycles. The SMILES string of the molecule is CCCN(CCO)S(=O)(=O)N(C)Cc1cccc(OC)c1. The number of nitrogens with zero attached hydrogens (tertiary/aromatic N) is 2. The standard InChI is InChI=1S/C14H24N2O4S/c1-4-8-16(9-10-17)21(18,19)15(2)12-13-6-5-7-14(11-13)20-3/h5-7,11,17H,4,8-10,12H2,1-3H3. The van der Waals surface area contributed by atoms with Gasteiger partial charge in [-0.15, -0.1) is 0 Å². The van der Waals surface area contributed by atoms with Crippen LogP contribution in [0.1, 0.15) is 18.9 Å². The van der Waals surface area contributed by atoms with Crippen molar-refractivity contribution in [2.24, 2.45) is 0 Å². The van der Waals surface area contributed by atoms with Gasteiger partial charge in [-0.3, -0.25) is 0 Å². The van der Waals surface area contributed by atoms with Crippen LogP contribution in [0.2, 0.25) is 0 Å². The van der Waals surface area contributed by atoms with Crippen molar-refractivity contribution in [3.63, 3.8) is 0 Å². The number of hydrogen-bond acceptors (Lipinski definition) is 4. The second-order valence-corrected chi connectivity index (χ2v) is 6.77. The number of methoxy groups -OCH3 is 1. The van der Waals surface area contributed by atoms with E-state index in [1.165, 1.54) is 15.7 Å². The number of aliphatic hydroxyl groups excluding tert-OH is 1. The van der Waals surface area contributed by atoms with E-state index in [1.54, 1.807) is 7.11 Å². The Kier molecular flexibility index (Phi) is 7.10. The van der Waals surface area contributed by atoms with E-state index >= 15 is 0 Å². The molecule has 0 fully saturated rings. The van der Waals surface area contributed by atoms with Gasteiger partial charge in [0.15, 0.2) is 0 Å². The van der Waals surface area contributed by atoms with E-state index < -0.39 is 10.2 Å². The Bertz CT molecular complexity index is 528. The lowest BCUT2D eigenvalue weighted by Gasteiger charge is -2.26. The van der Waals surface area contributed by atoms with Crippen molar-refractivity contribution < 1.29 is 18.3 Å². The van der Waals surface area contributed by atoms with Gasteiger partial charge in [0, 0.05) is 26.7 Å². The molecule has 0 aliphatic heterocycles. The Balaban J connectivity index is 2.86. The summed E-state index contributed by atoms with van der Waals surface area (Å²) in [6.07, 6.45) is 0.701. The van der Waals surface area contributed by atoms with E-state index in [1.807, 2.05) is 31.2 Å². The van der Waals surface area contributed by atoms with Crippen molar-refractivity contribution in [2.45, 2.75) is 19.9 Å². The summed E-state index contributed by atoms with van der Waals surface area (Å²) in [5.41, 5.74) is 0.848. The molecule has 0 atom stereocenters. The first-order valence-electron chi connectivity index (χ1n) is 6.91. The van der Waals surface area contributed by atoms with Crippen LogP contribution < -0.4 is 4.74 Å². The van der Waals surface area contributed by atoms with Gasteiger partial charge in [0.05, 0.1) is 13.7 Å². The van der Waals surface area contributed by atoms with Gasteiger partial charge in [-0.1, -0.05) is 19.1 Å². The van der Waals surface area contributed by atoms with Crippen molar-refractivity contribution in [1.82, 2.24) is 8.61 Å². The van der Waals surface area contributed by atoms with Crippen LogP contribution in [0.25, 0.3) is 0 Å². The highest BCUT2D eigenvalue weighted by Crippen LogP contribution is 2.16. The quantitative estimate of drug-likeness (QED) is 0.740. The highest BCUT2D eigenvalue weighted by atomic mass is 32.2. The van der Waals surface area contributed by atoms with Crippen LogP contribution in [0.3, 0.4) is 0 Å². The Morgan fingerprint density at radius 2 is 2.00 bits per heavy atom. The molecule has 1 aromatic rings. The molecule has 0 aliphatic rings. The maximum absolute atomic E-state index is 12.5. The number of aliphatic hydroxyl groups is 1. The highest BCUT2D eigenvalue weighted by molar-refractivity contribution is 7.86. The summed E-state index contributed by atoms with van der Waals surface area (Å²) < 4.78 is 32.7. The molecule has 21 heavy (non-hydrogen) atoms. The predicted octanol–water partition coefficient (Wildman–Crippen LogP) is 1.08. The van der Waals surface area contributed by atoms with Crippen LogP contribution >= 0.6 is 0 Å². The number of ether oxygens (including phenoxy) is 1. The van der Waals surface area contributed by atoms with Gasteiger partial charge in [-0.2, -0.15) is 17.0 Å². The third kappa shape index (κ3) is 4.96. The van der Waals surface area contributed by atoms with E-state index in [-0.39, 0.29) is 19.7 Å². The minimum Gasteiger partial charge on any atom is -0.497 e. The molecule has 0 aliphatic carbocycles. The van der Waals surface area contributed by atoms with Crippen molar-refractivity contribution in [1.29, 1.82) is 0 Å². The highest BCUT2D eigenvalue weighted by Gasteiger charge is 2.25. The molecule has 120 valence electrons. The summed E-state index contributed by atoms with van der Waals surface area (Å²) in [4.78, 5) is 0. The molecule has 1 rings (SSSR count). The van der Waals surface area contributed by atoms with Gasteiger partial charge in [0.25, 0.3) is 10.2 Å². The smallest absolute Gasteiger partial charge is 0.282 e. The first-order valence-corrected chi connectivity index (χ1v) is 8.30. The second kappa shape index (κ2) is 8.33. The normalized spacial score (nSPS) is 12.1. The Labute approximate surface area is 127 Å². The van der Waals surface area contributed by atoms with Crippen LogP contribution in [0.5, 0.6) is 5.75 Å². The van der Waals surface area contributed by atoms with Crippen molar-refractivity contribution in [3.8, 4) is 5.75 Å². The van der Waals surface area contributed by atoms with Crippen molar-refractivity contribution >= 4 is 10.2 Å². The lowest BCUT2D eigenvalue weighted by atomic mass is 10.2. The Morgan fingerprint density at radius 1 is 1.29 bits per heavy atom. The molecule has 0 saturated carbocycles. The van der Waals surface area contributed by atoms with Gasteiger partial charge in [-0.05, 0) is 24.1 Å². The van der Waals surface area contributed by atoms with Crippen LogP contribution in [-0.2, 0) is 16.8 Å². The lowest BCUT2D eigenvalue weighted by molar-refractivity contribution is 0.245. The average molecular weight is 316 g/mol. The van der Waals surface area contributed by atoms with Gasteiger partial charge < -0.3 is 9.84 Å². The monoisotopic (exact) mass is 316 g/mol. The minimum absolute atomic E-state index is 0.110. The molecule has 0 amide bonds. The van der Waals surface area contributed by atoms with E-state index in [0.29, 0.717) is 18.7 Å². The molecule has 6 nitrogen and oxygen atoms in total. The average Bonchev–Trinajstić information content (AvgIpc) is 2.47. The summed E-state index contributed by atoms with van der Waals surface area (Å²) in [5, 5.41) is 9.03. The first kappa shape index (κ1) is 17.9. The molecule has 1 aromatic carbocycles. The second-order valence-electron chi connectivity index (χ2n) is 4.74. The fraction of sp³-hybridized carbons (Fsp3) is 0.571.